The largest absolute Gasteiger partial charge is 0.490 e. The van der Waals surface area contributed by atoms with E-state index in [-0.39, 0.29) is 17.3 Å². The summed E-state index contributed by atoms with van der Waals surface area (Å²) in [4.78, 5) is 0. The maximum Gasteiger partial charge on any atom is 0.419 e. The van der Waals surface area contributed by atoms with E-state index in [1.165, 1.54) is 12.1 Å². The van der Waals surface area contributed by atoms with Crippen LogP contribution in [0.1, 0.15) is 52.2 Å². The van der Waals surface area contributed by atoms with Crippen LogP contribution in [0, 0.1) is 0 Å². The van der Waals surface area contributed by atoms with Gasteiger partial charge in [0, 0.05) is 0 Å². The van der Waals surface area contributed by atoms with Crippen molar-refractivity contribution in [2.24, 2.45) is 0 Å². The van der Waals surface area contributed by atoms with Crippen LogP contribution in [0.5, 0.6) is 5.75 Å². The van der Waals surface area contributed by atoms with Crippen LogP contribution >= 0.6 is 0 Å². The van der Waals surface area contributed by atoms with E-state index in [9.17, 15) is 13.2 Å². The SMILES string of the molecule is CCC(C)Oc1ccc(C(C)(C)C)cc1C(F)(F)F. The summed E-state index contributed by atoms with van der Waals surface area (Å²) in [7, 11) is 0. The van der Waals surface area contributed by atoms with Gasteiger partial charge in [-0.1, -0.05) is 33.8 Å². The van der Waals surface area contributed by atoms with Crippen molar-refractivity contribution in [3.05, 3.63) is 29.3 Å². The summed E-state index contributed by atoms with van der Waals surface area (Å²) < 4.78 is 44.6. The standard InChI is InChI=1S/C15H21F3O/c1-6-10(2)19-13-8-7-11(14(3,4)5)9-12(13)15(16,17)18/h7-10H,6H2,1-5H3. The fourth-order valence-corrected chi connectivity index (χ4v) is 1.62. The molecule has 108 valence electrons. The summed E-state index contributed by atoms with van der Waals surface area (Å²) in [6.07, 6.45) is -3.97. The first-order valence-corrected chi connectivity index (χ1v) is 6.44. The molecule has 0 heterocycles. The Hall–Kier alpha value is -1.19. The fourth-order valence-electron chi connectivity index (χ4n) is 1.62. The molecule has 1 atom stereocenters. The number of benzene rings is 1. The molecule has 0 bridgehead atoms. The van der Waals surface area contributed by atoms with E-state index in [1.54, 1.807) is 13.0 Å². The lowest BCUT2D eigenvalue weighted by Gasteiger charge is -2.23. The van der Waals surface area contributed by atoms with Gasteiger partial charge in [0.1, 0.15) is 5.75 Å². The van der Waals surface area contributed by atoms with E-state index < -0.39 is 11.7 Å². The van der Waals surface area contributed by atoms with Crippen molar-refractivity contribution in [3.63, 3.8) is 0 Å². The van der Waals surface area contributed by atoms with E-state index in [0.29, 0.717) is 12.0 Å². The number of halogens is 3. The normalized spacial score (nSPS) is 14.3. The molecule has 0 aromatic heterocycles. The molecular weight excluding hydrogens is 253 g/mol. The topological polar surface area (TPSA) is 9.23 Å². The fraction of sp³-hybridized carbons (Fsp3) is 0.600. The molecule has 4 heteroatoms. The Kier molecular flexibility index (Phi) is 4.54. The van der Waals surface area contributed by atoms with Crippen LogP contribution in [0.2, 0.25) is 0 Å². The quantitative estimate of drug-likeness (QED) is 0.738. The zero-order valence-corrected chi connectivity index (χ0v) is 12.1. The molecule has 1 aromatic carbocycles. The van der Waals surface area contributed by atoms with Crippen molar-refractivity contribution >= 4 is 0 Å². The minimum Gasteiger partial charge on any atom is -0.490 e. The average Bonchev–Trinajstić information content (AvgIpc) is 2.26. The van der Waals surface area contributed by atoms with E-state index in [4.69, 9.17) is 4.74 Å². The molecule has 0 aliphatic heterocycles. The summed E-state index contributed by atoms with van der Waals surface area (Å²) in [5.41, 5.74) is -0.369. The van der Waals surface area contributed by atoms with Gasteiger partial charge in [-0.25, -0.2) is 0 Å². The molecule has 0 amide bonds. The molecule has 0 fully saturated rings. The lowest BCUT2D eigenvalue weighted by Crippen LogP contribution is -2.17. The number of alkyl halides is 3. The van der Waals surface area contributed by atoms with Crippen LogP contribution in [0.15, 0.2) is 18.2 Å². The molecule has 0 radical (unpaired) electrons. The van der Waals surface area contributed by atoms with Crippen molar-refractivity contribution in [1.82, 2.24) is 0 Å². The Labute approximate surface area is 112 Å². The number of rotatable bonds is 3. The second kappa shape index (κ2) is 5.43. The smallest absolute Gasteiger partial charge is 0.419 e. The molecule has 0 aliphatic rings. The molecule has 1 nitrogen and oxygen atoms in total. The van der Waals surface area contributed by atoms with E-state index in [1.807, 2.05) is 27.7 Å². The Morgan fingerprint density at radius 3 is 2.16 bits per heavy atom. The highest BCUT2D eigenvalue weighted by molar-refractivity contribution is 5.41. The van der Waals surface area contributed by atoms with Gasteiger partial charge in [-0.05, 0) is 36.5 Å². The van der Waals surface area contributed by atoms with Crippen LogP contribution in [-0.4, -0.2) is 6.10 Å². The highest BCUT2D eigenvalue weighted by Crippen LogP contribution is 2.39. The first-order chi connectivity index (χ1) is 8.55. The van der Waals surface area contributed by atoms with Crippen LogP contribution < -0.4 is 4.74 Å². The highest BCUT2D eigenvalue weighted by Gasteiger charge is 2.35. The zero-order chi connectivity index (χ0) is 14.8. The average molecular weight is 274 g/mol. The highest BCUT2D eigenvalue weighted by atomic mass is 19.4. The second-order valence-corrected chi connectivity index (χ2v) is 5.80. The Bertz CT molecular complexity index is 430. The molecular formula is C15H21F3O. The van der Waals surface area contributed by atoms with Crippen LogP contribution in [0.3, 0.4) is 0 Å². The summed E-state index contributed by atoms with van der Waals surface area (Å²) >= 11 is 0. The van der Waals surface area contributed by atoms with Gasteiger partial charge in [0.2, 0.25) is 0 Å². The van der Waals surface area contributed by atoms with Crippen LogP contribution in [-0.2, 0) is 11.6 Å². The summed E-state index contributed by atoms with van der Waals surface area (Å²) in [6.45, 7) is 9.30. The van der Waals surface area contributed by atoms with Gasteiger partial charge in [0.15, 0.2) is 0 Å². The summed E-state index contributed by atoms with van der Waals surface area (Å²) in [5.74, 6) is -0.0881. The number of hydrogen-bond acceptors (Lipinski definition) is 1. The monoisotopic (exact) mass is 274 g/mol. The zero-order valence-electron chi connectivity index (χ0n) is 12.1. The third kappa shape index (κ3) is 4.15. The van der Waals surface area contributed by atoms with Gasteiger partial charge >= 0.3 is 6.18 Å². The van der Waals surface area contributed by atoms with E-state index in [2.05, 4.69) is 0 Å². The molecule has 0 saturated carbocycles. The van der Waals surface area contributed by atoms with Crippen molar-refractivity contribution in [1.29, 1.82) is 0 Å². The molecule has 1 unspecified atom stereocenters. The lowest BCUT2D eigenvalue weighted by atomic mass is 9.86. The van der Waals surface area contributed by atoms with Gasteiger partial charge in [-0.15, -0.1) is 0 Å². The predicted octanol–water partition coefficient (Wildman–Crippen LogP) is 5.18. The van der Waals surface area contributed by atoms with Crippen LogP contribution in [0.25, 0.3) is 0 Å². The first kappa shape index (κ1) is 15.9. The molecule has 1 rings (SSSR count). The maximum absolute atomic E-state index is 13.1. The Morgan fingerprint density at radius 1 is 1.16 bits per heavy atom. The van der Waals surface area contributed by atoms with Gasteiger partial charge < -0.3 is 4.74 Å². The first-order valence-electron chi connectivity index (χ1n) is 6.44. The van der Waals surface area contributed by atoms with Crippen LogP contribution in [0.4, 0.5) is 13.2 Å². The molecule has 1 aromatic rings. The molecule has 0 saturated heterocycles. The molecule has 19 heavy (non-hydrogen) atoms. The Balaban J connectivity index is 3.26. The summed E-state index contributed by atoms with van der Waals surface area (Å²) in [6, 6.07) is 4.32. The summed E-state index contributed by atoms with van der Waals surface area (Å²) in [5, 5.41) is 0. The van der Waals surface area contributed by atoms with Gasteiger partial charge in [-0.3, -0.25) is 0 Å². The minimum absolute atomic E-state index is 0.0881. The number of ether oxygens (including phenoxy) is 1. The molecule has 0 spiro atoms. The minimum atomic E-state index is -4.40. The van der Waals surface area contributed by atoms with E-state index in [0.717, 1.165) is 0 Å². The Morgan fingerprint density at radius 2 is 1.74 bits per heavy atom. The van der Waals surface area contributed by atoms with Crippen molar-refractivity contribution < 1.29 is 17.9 Å². The van der Waals surface area contributed by atoms with Gasteiger partial charge in [0.05, 0.1) is 11.7 Å². The second-order valence-electron chi connectivity index (χ2n) is 5.80. The number of hydrogen-bond donors (Lipinski definition) is 0. The molecule has 0 aliphatic carbocycles. The lowest BCUT2D eigenvalue weighted by molar-refractivity contribution is -0.139. The van der Waals surface area contributed by atoms with Crippen molar-refractivity contribution in [2.45, 2.75) is 58.7 Å². The van der Waals surface area contributed by atoms with Gasteiger partial charge in [-0.2, -0.15) is 13.2 Å². The predicted molar refractivity (Wildman–Crippen MR) is 70.5 cm³/mol. The van der Waals surface area contributed by atoms with Crippen molar-refractivity contribution in [3.8, 4) is 5.75 Å². The van der Waals surface area contributed by atoms with E-state index >= 15 is 0 Å². The third-order valence-electron chi connectivity index (χ3n) is 3.05. The van der Waals surface area contributed by atoms with Gasteiger partial charge in [0.25, 0.3) is 0 Å². The molecule has 0 N–H and O–H groups in total. The maximum atomic E-state index is 13.1. The van der Waals surface area contributed by atoms with Crippen molar-refractivity contribution in [2.75, 3.05) is 0 Å². The third-order valence-corrected chi connectivity index (χ3v) is 3.05.